The van der Waals surface area contributed by atoms with E-state index in [1.165, 1.54) is 0 Å². The summed E-state index contributed by atoms with van der Waals surface area (Å²) in [5, 5.41) is 2.81. The summed E-state index contributed by atoms with van der Waals surface area (Å²) >= 11 is 1.63. The Morgan fingerprint density at radius 3 is 2.59 bits per heavy atom. The van der Waals surface area contributed by atoms with Crippen LogP contribution in [0.1, 0.15) is 43.5 Å². The molecule has 2 atom stereocenters. The van der Waals surface area contributed by atoms with Gasteiger partial charge in [0.25, 0.3) is 0 Å². The molecule has 0 spiro atoms. The van der Waals surface area contributed by atoms with Crippen molar-refractivity contribution in [1.82, 2.24) is 10.2 Å². The molecular formula is C20H28N2O4S. The lowest BCUT2D eigenvalue weighted by Gasteiger charge is -2.29. The summed E-state index contributed by atoms with van der Waals surface area (Å²) in [5.41, 5.74) is 0.954. The molecule has 2 aliphatic rings. The molecule has 0 radical (unpaired) electrons. The number of hydrogen-bond donors (Lipinski definition) is 1. The first-order valence-corrected chi connectivity index (χ1v) is 10.6. The van der Waals surface area contributed by atoms with Crippen LogP contribution in [0.15, 0.2) is 18.2 Å². The van der Waals surface area contributed by atoms with Crippen LogP contribution < -0.4 is 14.8 Å². The molecule has 148 valence electrons. The Labute approximate surface area is 165 Å². The molecule has 0 bridgehead atoms. The molecule has 2 amide bonds. The van der Waals surface area contributed by atoms with Crippen LogP contribution in [0, 0.1) is 5.92 Å². The maximum Gasteiger partial charge on any atom is 0.243 e. The van der Waals surface area contributed by atoms with Gasteiger partial charge < -0.3 is 19.7 Å². The van der Waals surface area contributed by atoms with Gasteiger partial charge in [-0.15, -0.1) is 11.8 Å². The summed E-state index contributed by atoms with van der Waals surface area (Å²) in [4.78, 5) is 27.5. The molecule has 7 heteroatoms. The van der Waals surface area contributed by atoms with Crippen LogP contribution >= 0.6 is 11.8 Å². The quantitative estimate of drug-likeness (QED) is 0.689. The molecule has 1 aliphatic carbocycles. The van der Waals surface area contributed by atoms with Crippen LogP contribution in [-0.4, -0.2) is 49.3 Å². The number of nitrogens with one attached hydrogen (secondary N) is 1. The van der Waals surface area contributed by atoms with E-state index in [1.807, 2.05) is 18.2 Å². The number of ether oxygens (including phenoxy) is 2. The fourth-order valence-corrected chi connectivity index (χ4v) is 4.72. The number of benzene rings is 1. The van der Waals surface area contributed by atoms with Gasteiger partial charge in [-0.2, -0.15) is 0 Å². The summed E-state index contributed by atoms with van der Waals surface area (Å²) in [6.45, 7) is 2.75. The van der Waals surface area contributed by atoms with E-state index in [0.29, 0.717) is 23.8 Å². The second kappa shape index (κ2) is 8.87. The van der Waals surface area contributed by atoms with E-state index in [9.17, 15) is 9.59 Å². The molecule has 3 rings (SSSR count). The summed E-state index contributed by atoms with van der Waals surface area (Å²) in [6.07, 6.45) is 3.81. The molecule has 2 fully saturated rings. The molecule has 1 heterocycles. The number of unbranched alkanes of at least 4 members (excludes halogenated alkanes) is 1. The van der Waals surface area contributed by atoms with E-state index in [-0.39, 0.29) is 23.1 Å². The van der Waals surface area contributed by atoms with Crippen molar-refractivity contribution in [3.05, 3.63) is 23.8 Å². The lowest BCUT2D eigenvalue weighted by molar-refractivity contribution is -0.140. The Kier molecular flexibility index (Phi) is 6.52. The second-order valence-corrected chi connectivity index (χ2v) is 8.09. The van der Waals surface area contributed by atoms with Crippen LogP contribution in [0.4, 0.5) is 0 Å². The van der Waals surface area contributed by atoms with Gasteiger partial charge in [0.05, 0.1) is 14.2 Å². The van der Waals surface area contributed by atoms with E-state index in [1.54, 1.807) is 30.9 Å². The maximum absolute atomic E-state index is 13.0. The Bertz CT molecular complexity index is 693. The molecule has 1 N–H and O–H groups in total. The average molecular weight is 393 g/mol. The SMILES string of the molecule is CCCCNC(=O)[C@H]1CS[C@H](c2ccc(OC)c(OC)c2)N1C(=O)C1CC1. The van der Waals surface area contributed by atoms with Gasteiger partial charge in [-0.05, 0) is 37.0 Å². The Morgan fingerprint density at radius 2 is 1.96 bits per heavy atom. The van der Waals surface area contributed by atoms with Crippen LogP contribution in [0.25, 0.3) is 0 Å². The zero-order chi connectivity index (χ0) is 19.4. The highest BCUT2D eigenvalue weighted by molar-refractivity contribution is 7.99. The number of methoxy groups -OCH3 is 2. The maximum atomic E-state index is 13.0. The van der Waals surface area contributed by atoms with Crippen LogP contribution in [0.5, 0.6) is 11.5 Å². The minimum Gasteiger partial charge on any atom is -0.493 e. The lowest BCUT2D eigenvalue weighted by atomic mass is 10.1. The number of amides is 2. The molecule has 0 aromatic heterocycles. The average Bonchev–Trinajstić information content (AvgIpc) is 3.45. The largest absolute Gasteiger partial charge is 0.493 e. The monoisotopic (exact) mass is 392 g/mol. The minimum atomic E-state index is -0.418. The molecule has 1 aromatic carbocycles. The fourth-order valence-electron chi connectivity index (χ4n) is 3.29. The van der Waals surface area contributed by atoms with Crippen LogP contribution in [0.3, 0.4) is 0 Å². The summed E-state index contributed by atoms with van der Waals surface area (Å²) < 4.78 is 10.7. The van der Waals surface area contributed by atoms with Gasteiger partial charge in [0.2, 0.25) is 11.8 Å². The van der Waals surface area contributed by atoms with Crippen molar-refractivity contribution in [3.8, 4) is 11.5 Å². The summed E-state index contributed by atoms with van der Waals surface area (Å²) in [5.74, 6) is 2.00. The van der Waals surface area contributed by atoms with E-state index < -0.39 is 6.04 Å². The van der Waals surface area contributed by atoms with E-state index in [0.717, 1.165) is 31.2 Å². The summed E-state index contributed by atoms with van der Waals surface area (Å²) in [6, 6.07) is 5.28. The van der Waals surface area contributed by atoms with Crippen molar-refractivity contribution in [3.63, 3.8) is 0 Å². The third-order valence-corrected chi connectivity index (χ3v) is 6.33. The third-order valence-electron chi connectivity index (χ3n) is 5.01. The van der Waals surface area contributed by atoms with Crippen molar-refractivity contribution in [2.45, 2.75) is 44.0 Å². The zero-order valence-electron chi connectivity index (χ0n) is 16.2. The van der Waals surface area contributed by atoms with Crippen LogP contribution in [-0.2, 0) is 9.59 Å². The van der Waals surface area contributed by atoms with Gasteiger partial charge in [0, 0.05) is 18.2 Å². The zero-order valence-corrected chi connectivity index (χ0v) is 17.0. The number of nitrogens with zero attached hydrogens (tertiary/aromatic N) is 1. The Morgan fingerprint density at radius 1 is 1.22 bits per heavy atom. The fraction of sp³-hybridized carbons (Fsp3) is 0.600. The van der Waals surface area contributed by atoms with Crippen molar-refractivity contribution >= 4 is 23.6 Å². The molecular weight excluding hydrogens is 364 g/mol. The van der Waals surface area contributed by atoms with Crippen molar-refractivity contribution in [2.24, 2.45) is 5.92 Å². The first-order valence-electron chi connectivity index (χ1n) is 9.54. The molecule has 1 aromatic rings. The van der Waals surface area contributed by atoms with Gasteiger partial charge in [-0.25, -0.2) is 0 Å². The third kappa shape index (κ3) is 4.34. The number of carbonyl (C=O) groups excluding carboxylic acids is 2. The predicted molar refractivity (Wildman–Crippen MR) is 106 cm³/mol. The molecule has 1 aliphatic heterocycles. The number of thioether (sulfide) groups is 1. The predicted octanol–water partition coefficient (Wildman–Crippen LogP) is 2.97. The molecule has 27 heavy (non-hydrogen) atoms. The number of carbonyl (C=O) groups is 2. The second-order valence-electron chi connectivity index (χ2n) is 6.98. The van der Waals surface area contributed by atoms with Crippen molar-refractivity contribution in [2.75, 3.05) is 26.5 Å². The molecule has 1 saturated carbocycles. The highest BCUT2D eigenvalue weighted by atomic mass is 32.2. The highest BCUT2D eigenvalue weighted by Crippen LogP contribution is 2.46. The first kappa shape index (κ1) is 19.9. The topological polar surface area (TPSA) is 67.9 Å². The van der Waals surface area contributed by atoms with E-state index in [4.69, 9.17) is 9.47 Å². The Balaban J connectivity index is 1.83. The van der Waals surface area contributed by atoms with Gasteiger partial charge >= 0.3 is 0 Å². The van der Waals surface area contributed by atoms with Gasteiger partial charge in [-0.3, -0.25) is 9.59 Å². The normalized spacial score (nSPS) is 21.8. The Hall–Kier alpha value is -1.89. The van der Waals surface area contributed by atoms with Crippen molar-refractivity contribution in [1.29, 1.82) is 0 Å². The highest BCUT2D eigenvalue weighted by Gasteiger charge is 2.46. The number of hydrogen-bond acceptors (Lipinski definition) is 5. The summed E-state index contributed by atoms with van der Waals surface area (Å²) in [7, 11) is 3.20. The van der Waals surface area contributed by atoms with E-state index in [2.05, 4.69) is 12.2 Å². The minimum absolute atomic E-state index is 0.0482. The first-order chi connectivity index (χ1) is 13.1. The smallest absolute Gasteiger partial charge is 0.243 e. The van der Waals surface area contributed by atoms with Crippen molar-refractivity contribution < 1.29 is 19.1 Å². The molecule has 6 nitrogen and oxygen atoms in total. The van der Waals surface area contributed by atoms with Crippen LogP contribution in [0.2, 0.25) is 0 Å². The number of rotatable bonds is 8. The lowest BCUT2D eigenvalue weighted by Crippen LogP contribution is -2.48. The molecule has 0 unspecified atom stereocenters. The van der Waals surface area contributed by atoms with E-state index >= 15 is 0 Å². The molecule has 1 saturated heterocycles. The standard InChI is InChI=1S/C20H28N2O4S/c1-4-5-10-21-18(23)15-12-27-20(22(15)19(24)13-6-7-13)14-8-9-16(25-2)17(11-14)26-3/h8-9,11,13,15,20H,4-7,10,12H2,1-3H3,(H,21,23)/t15-,20-/m1/s1. The van der Waals surface area contributed by atoms with Gasteiger partial charge in [-0.1, -0.05) is 19.4 Å². The van der Waals surface area contributed by atoms with Gasteiger partial charge in [0.1, 0.15) is 11.4 Å². The van der Waals surface area contributed by atoms with Gasteiger partial charge in [0.15, 0.2) is 11.5 Å².